The van der Waals surface area contributed by atoms with Crippen LogP contribution in [-0.2, 0) is 12.6 Å². The van der Waals surface area contributed by atoms with Crippen LogP contribution in [-0.4, -0.2) is 19.6 Å². The van der Waals surface area contributed by atoms with Crippen molar-refractivity contribution in [1.82, 2.24) is 19.6 Å². The van der Waals surface area contributed by atoms with Gasteiger partial charge in [0.1, 0.15) is 17.1 Å². The molecular formula is C23H18F4N4O. The molecule has 3 heterocycles. The SMILES string of the molecule is Cc1cc(Oc2ccc(-c3ccn4c(CC5CC5)nnc4c3C(F)(F)F)cc2F)ccn1. The van der Waals surface area contributed by atoms with Crippen molar-refractivity contribution in [3.05, 3.63) is 71.7 Å². The molecule has 1 fully saturated rings. The number of fused-ring (bicyclic) bond motifs is 1. The quantitative estimate of drug-likeness (QED) is 0.356. The van der Waals surface area contributed by atoms with Crippen LogP contribution in [0.1, 0.15) is 29.9 Å². The molecule has 0 amide bonds. The third-order valence-electron chi connectivity index (χ3n) is 5.44. The van der Waals surface area contributed by atoms with Gasteiger partial charge in [-0.1, -0.05) is 6.07 Å². The summed E-state index contributed by atoms with van der Waals surface area (Å²) in [6.07, 6.45) is 1.03. The first-order valence-corrected chi connectivity index (χ1v) is 10.1. The molecule has 5 nitrogen and oxygen atoms in total. The molecule has 0 radical (unpaired) electrons. The topological polar surface area (TPSA) is 52.3 Å². The minimum atomic E-state index is -4.69. The summed E-state index contributed by atoms with van der Waals surface area (Å²) >= 11 is 0. The summed E-state index contributed by atoms with van der Waals surface area (Å²) < 4.78 is 63.8. The molecule has 0 saturated heterocycles. The molecule has 1 aromatic carbocycles. The molecule has 0 aliphatic heterocycles. The molecule has 1 aliphatic carbocycles. The van der Waals surface area contributed by atoms with Crippen molar-refractivity contribution < 1.29 is 22.3 Å². The van der Waals surface area contributed by atoms with Crippen LogP contribution in [0.4, 0.5) is 17.6 Å². The van der Waals surface area contributed by atoms with Gasteiger partial charge in [0.25, 0.3) is 0 Å². The Hall–Kier alpha value is -3.49. The van der Waals surface area contributed by atoms with E-state index in [1.165, 1.54) is 35.0 Å². The molecule has 0 unspecified atom stereocenters. The van der Waals surface area contributed by atoms with Crippen molar-refractivity contribution in [3.8, 4) is 22.6 Å². The molecule has 1 saturated carbocycles. The van der Waals surface area contributed by atoms with E-state index in [1.807, 2.05) is 0 Å². The van der Waals surface area contributed by atoms with Crippen LogP contribution in [0.15, 0.2) is 48.8 Å². The van der Waals surface area contributed by atoms with Crippen LogP contribution >= 0.6 is 0 Å². The van der Waals surface area contributed by atoms with E-state index in [1.54, 1.807) is 19.1 Å². The third-order valence-corrected chi connectivity index (χ3v) is 5.44. The lowest BCUT2D eigenvalue weighted by atomic mass is 10.0. The number of hydrogen-bond donors (Lipinski definition) is 0. The van der Waals surface area contributed by atoms with Gasteiger partial charge in [0.15, 0.2) is 17.2 Å². The van der Waals surface area contributed by atoms with Gasteiger partial charge in [0, 0.05) is 30.6 Å². The molecule has 3 aromatic heterocycles. The number of nitrogens with zero attached hydrogens (tertiary/aromatic N) is 4. The Bertz CT molecular complexity index is 1310. The van der Waals surface area contributed by atoms with E-state index >= 15 is 0 Å². The van der Waals surface area contributed by atoms with Gasteiger partial charge in [0.2, 0.25) is 0 Å². The fourth-order valence-electron chi connectivity index (χ4n) is 3.70. The predicted molar refractivity (Wildman–Crippen MR) is 109 cm³/mol. The van der Waals surface area contributed by atoms with Gasteiger partial charge in [-0.3, -0.25) is 9.38 Å². The van der Waals surface area contributed by atoms with Gasteiger partial charge in [-0.05, 0) is 61.1 Å². The minimum Gasteiger partial charge on any atom is -0.454 e. The highest BCUT2D eigenvalue weighted by Gasteiger charge is 2.38. The van der Waals surface area contributed by atoms with Crippen molar-refractivity contribution in [3.63, 3.8) is 0 Å². The number of ether oxygens (including phenoxy) is 1. The van der Waals surface area contributed by atoms with Crippen LogP contribution in [0.25, 0.3) is 16.8 Å². The summed E-state index contributed by atoms with van der Waals surface area (Å²) in [5.74, 6) is 0.460. The Morgan fingerprint density at radius 2 is 1.91 bits per heavy atom. The zero-order chi connectivity index (χ0) is 22.5. The van der Waals surface area contributed by atoms with Gasteiger partial charge in [-0.2, -0.15) is 13.2 Å². The van der Waals surface area contributed by atoms with Crippen molar-refractivity contribution >= 4 is 5.65 Å². The van der Waals surface area contributed by atoms with E-state index in [4.69, 9.17) is 4.74 Å². The molecule has 5 rings (SSSR count). The lowest BCUT2D eigenvalue weighted by Gasteiger charge is -2.15. The van der Waals surface area contributed by atoms with Crippen LogP contribution in [0.5, 0.6) is 11.5 Å². The summed E-state index contributed by atoms with van der Waals surface area (Å²) in [5, 5.41) is 7.81. The number of halogens is 4. The van der Waals surface area contributed by atoms with Gasteiger partial charge < -0.3 is 4.74 Å². The number of hydrogen-bond acceptors (Lipinski definition) is 4. The Balaban J connectivity index is 1.55. The summed E-state index contributed by atoms with van der Waals surface area (Å²) in [5.41, 5.74) is -0.620. The van der Waals surface area contributed by atoms with E-state index in [-0.39, 0.29) is 22.5 Å². The standard InChI is InChI=1S/C23H18F4N4O/c1-13-10-16(6-8-28-13)32-19-5-4-15(12-18(19)24)17-7-9-31-20(11-14-2-3-14)29-30-22(31)21(17)23(25,26)27/h4-10,12,14H,2-3,11H2,1H3. The lowest BCUT2D eigenvalue weighted by Crippen LogP contribution is -2.11. The molecule has 0 bridgehead atoms. The number of benzene rings is 1. The average Bonchev–Trinajstić information content (AvgIpc) is 3.46. The van der Waals surface area contributed by atoms with E-state index in [2.05, 4.69) is 15.2 Å². The number of aromatic nitrogens is 4. The number of rotatable bonds is 5. The Kier molecular flexibility index (Phi) is 4.83. The first-order valence-electron chi connectivity index (χ1n) is 10.1. The minimum absolute atomic E-state index is 0.0716. The van der Waals surface area contributed by atoms with Crippen molar-refractivity contribution in [2.24, 2.45) is 5.92 Å². The second-order valence-electron chi connectivity index (χ2n) is 7.94. The average molecular weight is 442 g/mol. The number of alkyl halides is 3. The second-order valence-corrected chi connectivity index (χ2v) is 7.94. The molecular weight excluding hydrogens is 424 g/mol. The Morgan fingerprint density at radius 1 is 1.09 bits per heavy atom. The van der Waals surface area contributed by atoms with Crippen LogP contribution < -0.4 is 4.74 Å². The predicted octanol–water partition coefficient (Wildman–Crippen LogP) is 6.00. The highest BCUT2D eigenvalue weighted by Crippen LogP contribution is 2.41. The summed E-state index contributed by atoms with van der Waals surface area (Å²) in [6, 6.07) is 8.28. The molecule has 0 spiro atoms. The highest BCUT2D eigenvalue weighted by molar-refractivity contribution is 5.75. The zero-order valence-electron chi connectivity index (χ0n) is 17.0. The molecule has 0 N–H and O–H groups in total. The first-order chi connectivity index (χ1) is 15.3. The van der Waals surface area contributed by atoms with E-state index in [0.29, 0.717) is 29.6 Å². The molecule has 0 atom stereocenters. The smallest absolute Gasteiger partial charge is 0.420 e. The molecule has 9 heteroatoms. The number of pyridine rings is 2. The van der Waals surface area contributed by atoms with Crippen molar-refractivity contribution in [2.75, 3.05) is 0 Å². The van der Waals surface area contributed by atoms with Gasteiger partial charge in [-0.15, -0.1) is 10.2 Å². The monoisotopic (exact) mass is 442 g/mol. The maximum Gasteiger partial charge on any atom is 0.420 e. The molecule has 164 valence electrons. The second kappa shape index (κ2) is 7.58. The van der Waals surface area contributed by atoms with Crippen LogP contribution in [0, 0.1) is 18.7 Å². The van der Waals surface area contributed by atoms with Crippen LogP contribution in [0.2, 0.25) is 0 Å². The van der Waals surface area contributed by atoms with Gasteiger partial charge in [-0.25, -0.2) is 4.39 Å². The Morgan fingerprint density at radius 3 is 2.59 bits per heavy atom. The maximum absolute atomic E-state index is 14.8. The Labute approximate surface area is 180 Å². The zero-order valence-corrected chi connectivity index (χ0v) is 17.0. The third kappa shape index (κ3) is 3.90. The summed E-state index contributed by atoms with van der Waals surface area (Å²) in [6.45, 7) is 1.77. The number of aryl methyl sites for hydroxylation is 1. The first kappa shape index (κ1) is 20.4. The van der Waals surface area contributed by atoms with Gasteiger partial charge in [0.05, 0.1) is 0 Å². The van der Waals surface area contributed by atoms with Gasteiger partial charge >= 0.3 is 6.18 Å². The van der Waals surface area contributed by atoms with E-state index in [0.717, 1.165) is 18.9 Å². The van der Waals surface area contributed by atoms with E-state index < -0.39 is 17.6 Å². The normalized spacial score (nSPS) is 14.2. The molecule has 32 heavy (non-hydrogen) atoms. The van der Waals surface area contributed by atoms with Crippen LogP contribution in [0.3, 0.4) is 0 Å². The lowest BCUT2D eigenvalue weighted by molar-refractivity contribution is -0.136. The fraction of sp³-hybridized carbons (Fsp3) is 0.261. The largest absolute Gasteiger partial charge is 0.454 e. The molecule has 1 aliphatic rings. The maximum atomic E-state index is 14.8. The van der Waals surface area contributed by atoms with Crippen molar-refractivity contribution in [2.45, 2.75) is 32.4 Å². The summed E-state index contributed by atoms with van der Waals surface area (Å²) in [7, 11) is 0. The summed E-state index contributed by atoms with van der Waals surface area (Å²) in [4.78, 5) is 4.04. The van der Waals surface area contributed by atoms with E-state index in [9.17, 15) is 17.6 Å². The highest BCUT2D eigenvalue weighted by atomic mass is 19.4. The van der Waals surface area contributed by atoms with Crippen molar-refractivity contribution in [1.29, 1.82) is 0 Å². The fourth-order valence-corrected chi connectivity index (χ4v) is 3.70. The molecule has 4 aromatic rings.